The molecule has 84 valence electrons. The smallest absolute Gasteiger partial charge is 0.277 e. The van der Waals surface area contributed by atoms with Crippen molar-refractivity contribution in [2.24, 2.45) is 0 Å². The average molecular weight is 218 g/mol. The zero-order valence-electron chi connectivity index (χ0n) is 9.83. The van der Waals surface area contributed by atoms with Gasteiger partial charge in [-0.2, -0.15) is 4.68 Å². The first-order valence-electron chi connectivity index (χ1n) is 5.10. The maximum Gasteiger partial charge on any atom is 0.277 e. The molecule has 5 heteroatoms. The van der Waals surface area contributed by atoms with Gasteiger partial charge in [0, 0.05) is 22.6 Å². The second kappa shape index (κ2) is 3.59. The molecule has 0 aliphatic carbocycles. The van der Waals surface area contributed by atoms with Gasteiger partial charge in [-0.25, -0.2) is 9.97 Å². The zero-order valence-corrected chi connectivity index (χ0v) is 9.83. The molecule has 0 bridgehead atoms. The van der Waals surface area contributed by atoms with Gasteiger partial charge in [-0.05, 0) is 33.8 Å². The Balaban J connectivity index is 2.67. The van der Waals surface area contributed by atoms with E-state index in [1.165, 1.54) is 4.68 Å². The van der Waals surface area contributed by atoms with Gasteiger partial charge < -0.3 is 0 Å². The minimum Gasteiger partial charge on any atom is -0.292 e. The van der Waals surface area contributed by atoms with Crippen LogP contribution in [0.25, 0.3) is 5.95 Å². The average Bonchev–Trinajstić information content (AvgIpc) is 2.44. The number of H-pyrrole nitrogens is 1. The number of hydrogen-bond acceptors (Lipinski definition) is 3. The van der Waals surface area contributed by atoms with Gasteiger partial charge in [0.1, 0.15) is 0 Å². The second-order valence-electron chi connectivity index (χ2n) is 3.95. The lowest BCUT2D eigenvalue weighted by molar-refractivity contribution is 0.762. The summed E-state index contributed by atoms with van der Waals surface area (Å²) in [6, 6.07) is 1.87. The van der Waals surface area contributed by atoms with E-state index in [1.807, 2.05) is 26.8 Å². The molecule has 0 amide bonds. The van der Waals surface area contributed by atoms with Crippen molar-refractivity contribution in [2.75, 3.05) is 0 Å². The maximum atomic E-state index is 11.9. The summed E-state index contributed by atoms with van der Waals surface area (Å²) in [5.74, 6) is 0.402. The van der Waals surface area contributed by atoms with E-state index < -0.39 is 0 Å². The molecule has 2 aromatic rings. The summed E-state index contributed by atoms with van der Waals surface area (Å²) in [6.45, 7) is 7.40. The Morgan fingerprint density at radius 3 is 2.12 bits per heavy atom. The molecule has 0 saturated carbocycles. The second-order valence-corrected chi connectivity index (χ2v) is 3.95. The van der Waals surface area contributed by atoms with Gasteiger partial charge in [0.05, 0.1) is 0 Å². The van der Waals surface area contributed by atoms with Crippen LogP contribution in [0.2, 0.25) is 0 Å². The topological polar surface area (TPSA) is 63.6 Å². The molecule has 0 fully saturated rings. The van der Waals surface area contributed by atoms with Gasteiger partial charge in [-0.15, -0.1) is 0 Å². The van der Waals surface area contributed by atoms with Crippen LogP contribution in [-0.2, 0) is 0 Å². The van der Waals surface area contributed by atoms with Crippen LogP contribution in [0.15, 0.2) is 10.9 Å². The monoisotopic (exact) mass is 218 g/mol. The lowest BCUT2D eigenvalue weighted by Gasteiger charge is -2.02. The van der Waals surface area contributed by atoms with E-state index in [0.29, 0.717) is 11.5 Å². The highest BCUT2D eigenvalue weighted by Crippen LogP contribution is 2.04. The summed E-state index contributed by atoms with van der Waals surface area (Å²) in [5, 5.41) is 2.96. The first-order valence-corrected chi connectivity index (χ1v) is 5.10. The maximum absolute atomic E-state index is 11.9. The van der Waals surface area contributed by atoms with Crippen molar-refractivity contribution < 1.29 is 0 Å². The molecular weight excluding hydrogens is 204 g/mol. The van der Waals surface area contributed by atoms with Crippen LogP contribution in [0, 0.1) is 27.7 Å². The molecule has 16 heavy (non-hydrogen) atoms. The Bertz CT molecular complexity index is 574. The Morgan fingerprint density at radius 2 is 1.69 bits per heavy atom. The van der Waals surface area contributed by atoms with Crippen LogP contribution >= 0.6 is 0 Å². The normalized spacial score (nSPS) is 10.8. The number of aromatic nitrogens is 4. The van der Waals surface area contributed by atoms with Crippen molar-refractivity contribution >= 4 is 0 Å². The van der Waals surface area contributed by atoms with Crippen LogP contribution in [0.5, 0.6) is 0 Å². The lowest BCUT2D eigenvalue weighted by atomic mass is 10.3. The molecule has 0 spiro atoms. The molecule has 0 unspecified atom stereocenters. The van der Waals surface area contributed by atoms with E-state index in [2.05, 4.69) is 15.1 Å². The van der Waals surface area contributed by atoms with Crippen molar-refractivity contribution in [3.05, 3.63) is 39.1 Å². The zero-order chi connectivity index (χ0) is 11.9. The molecule has 2 rings (SSSR count). The fourth-order valence-corrected chi connectivity index (χ4v) is 1.58. The Hall–Kier alpha value is -1.91. The summed E-state index contributed by atoms with van der Waals surface area (Å²) in [4.78, 5) is 20.3. The minimum atomic E-state index is -0.0949. The molecule has 0 aliphatic rings. The predicted octanol–water partition coefficient (Wildman–Crippen LogP) is 1.19. The van der Waals surface area contributed by atoms with Gasteiger partial charge in [-0.3, -0.25) is 9.89 Å². The van der Waals surface area contributed by atoms with E-state index in [-0.39, 0.29) is 5.56 Å². The van der Waals surface area contributed by atoms with Crippen molar-refractivity contribution in [2.45, 2.75) is 27.7 Å². The molecule has 1 N–H and O–H groups in total. The number of hydrogen-bond donors (Lipinski definition) is 1. The van der Waals surface area contributed by atoms with Crippen LogP contribution in [0.1, 0.15) is 22.6 Å². The SMILES string of the molecule is Cc1cc(C)nc(-n2[nH]c(C)c(C)c2=O)n1. The molecule has 0 aliphatic heterocycles. The number of nitrogens with zero attached hydrogens (tertiary/aromatic N) is 3. The first-order chi connectivity index (χ1) is 7.49. The molecule has 2 aromatic heterocycles. The molecule has 0 atom stereocenters. The van der Waals surface area contributed by atoms with Crippen LogP contribution in [0.3, 0.4) is 0 Å². The number of rotatable bonds is 1. The van der Waals surface area contributed by atoms with E-state index in [0.717, 1.165) is 17.1 Å². The van der Waals surface area contributed by atoms with Gasteiger partial charge in [0.25, 0.3) is 11.5 Å². The highest BCUT2D eigenvalue weighted by Gasteiger charge is 2.10. The summed E-state index contributed by atoms with van der Waals surface area (Å²) in [6.07, 6.45) is 0. The van der Waals surface area contributed by atoms with Gasteiger partial charge >= 0.3 is 0 Å². The Morgan fingerprint density at radius 1 is 1.12 bits per heavy atom. The van der Waals surface area contributed by atoms with Crippen LogP contribution in [0.4, 0.5) is 0 Å². The highest BCUT2D eigenvalue weighted by molar-refractivity contribution is 5.22. The van der Waals surface area contributed by atoms with Crippen molar-refractivity contribution in [1.29, 1.82) is 0 Å². The molecule has 0 saturated heterocycles. The van der Waals surface area contributed by atoms with E-state index in [9.17, 15) is 4.79 Å². The first kappa shape index (κ1) is 10.6. The Labute approximate surface area is 93.2 Å². The standard InChI is InChI=1S/C11H14N4O/c1-6-5-7(2)13-11(12-6)15-10(16)8(3)9(4)14-15/h5,14H,1-4H3. The van der Waals surface area contributed by atoms with E-state index >= 15 is 0 Å². The van der Waals surface area contributed by atoms with Gasteiger partial charge in [-0.1, -0.05) is 0 Å². The van der Waals surface area contributed by atoms with Crippen LogP contribution < -0.4 is 5.56 Å². The predicted molar refractivity (Wildman–Crippen MR) is 60.9 cm³/mol. The fourth-order valence-electron chi connectivity index (χ4n) is 1.58. The van der Waals surface area contributed by atoms with Crippen molar-refractivity contribution in [3.63, 3.8) is 0 Å². The lowest BCUT2D eigenvalue weighted by Crippen LogP contribution is -2.19. The van der Waals surface area contributed by atoms with Gasteiger partial charge in [0.15, 0.2) is 0 Å². The van der Waals surface area contributed by atoms with Crippen molar-refractivity contribution in [1.82, 2.24) is 19.7 Å². The van der Waals surface area contributed by atoms with Crippen LogP contribution in [-0.4, -0.2) is 19.7 Å². The molecular formula is C11H14N4O. The summed E-state index contributed by atoms with van der Waals surface area (Å²) in [5.41, 5.74) is 3.14. The largest absolute Gasteiger partial charge is 0.292 e. The van der Waals surface area contributed by atoms with E-state index in [1.54, 1.807) is 6.92 Å². The fraction of sp³-hybridized carbons (Fsp3) is 0.364. The quantitative estimate of drug-likeness (QED) is 0.782. The third-order valence-electron chi connectivity index (χ3n) is 2.54. The number of aryl methyl sites for hydroxylation is 3. The van der Waals surface area contributed by atoms with Crippen molar-refractivity contribution in [3.8, 4) is 5.95 Å². The van der Waals surface area contributed by atoms with Gasteiger partial charge in [0.2, 0.25) is 0 Å². The molecule has 2 heterocycles. The highest BCUT2D eigenvalue weighted by atomic mass is 16.1. The molecule has 0 aromatic carbocycles. The third kappa shape index (κ3) is 1.64. The number of nitrogens with one attached hydrogen (secondary N) is 1. The summed E-state index contributed by atoms with van der Waals surface area (Å²) < 4.78 is 1.38. The molecule has 5 nitrogen and oxygen atoms in total. The molecule has 0 radical (unpaired) electrons. The summed E-state index contributed by atoms with van der Waals surface area (Å²) >= 11 is 0. The number of aromatic amines is 1. The minimum absolute atomic E-state index is 0.0949. The Kier molecular flexibility index (Phi) is 2.38. The van der Waals surface area contributed by atoms with E-state index in [4.69, 9.17) is 0 Å². The third-order valence-corrected chi connectivity index (χ3v) is 2.54. The summed E-state index contributed by atoms with van der Waals surface area (Å²) in [7, 11) is 0.